The van der Waals surface area contributed by atoms with Gasteiger partial charge in [-0.25, -0.2) is 4.39 Å². The molecule has 0 radical (unpaired) electrons. The normalized spacial score (nSPS) is 12.1. The van der Waals surface area contributed by atoms with Gasteiger partial charge in [-0.2, -0.15) is 0 Å². The molecule has 0 spiro atoms. The number of carbonyl (C=O) groups excluding carboxylic acids is 1. The van der Waals surface area contributed by atoms with Crippen LogP contribution in [0, 0.1) is 12.7 Å². The fraction of sp³-hybridized carbons (Fsp3) is 0.238. The first-order valence-electron chi connectivity index (χ1n) is 8.63. The predicted octanol–water partition coefficient (Wildman–Crippen LogP) is 3.79. The number of hydrogen-bond acceptors (Lipinski definition) is 2. The predicted molar refractivity (Wildman–Crippen MR) is 101 cm³/mol. The molecule has 26 heavy (non-hydrogen) atoms. The van der Waals surface area contributed by atoms with Crippen LogP contribution in [-0.4, -0.2) is 10.9 Å². The third kappa shape index (κ3) is 3.82. The van der Waals surface area contributed by atoms with E-state index in [0.717, 1.165) is 22.0 Å². The van der Waals surface area contributed by atoms with Crippen LogP contribution in [0.3, 0.4) is 0 Å². The number of aromatic nitrogens is 1. The smallest absolute Gasteiger partial charge is 0.253 e. The maximum Gasteiger partial charge on any atom is 0.253 e. The summed E-state index contributed by atoms with van der Waals surface area (Å²) in [5.74, 6) is -0.887. The lowest BCUT2D eigenvalue weighted by Gasteiger charge is -2.15. The Morgan fingerprint density at radius 3 is 2.58 bits per heavy atom. The highest BCUT2D eigenvalue weighted by atomic mass is 19.1. The quantitative estimate of drug-likeness (QED) is 0.734. The molecule has 1 amide bonds. The van der Waals surface area contributed by atoms with Gasteiger partial charge in [0.2, 0.25) is 5.91 Å². The third-order valence-corrected chi connectivity index (χ3v) is 4.53. The average molecular weight is 352 g/mol. The second-order valence-corrected chi connectivity index (χ2v) is 6.44. The summed E-state index contributed by atoms with van der Waals surface area (Å²) in [7, 11) is 0. The monoisotopic (exact) mass is 352 g/mol. The number of H-pyrrole nitrogens is 1. The molecular weight excluding hydrogens is 331 g/mol. The Kier molecular flexibility index (Phi) is 5.16. The number of hydrogen-bond donors (Lipinski definition) is 2. The van der Waals surface area contributed by atoms with E-state index in [4.69, 9.17) is 0 Å². The summed E-state index contributed by atoms with van der Waals surface area (Å²) >= 11 is 0. The minimum atomic E-state index is -0.377. The maximum atomic E-state index is 13.1. The minimum absolute atomic E-state index is 0.149. The van der Waals surface area contributed by atoms with Crippen molar-refractivity contribution in [3.63, 3.8) is 0 Å². The van der Waals surface area contributed by atoms with Gasteiger partial charge in [0.05, 0.1) is 5.92 Å². The lowest BCUT2D eigenvalue weighted by molar-refractivity contribution is -0.122. The van der Waals surface area contributed by atoms with Gasteiger partial charge >= 0.3 is 0 Å². The molecule has 1 heterocycles. The van der Waals surface area contributed by atoms with Gasteiger partial charge in [-0.05, 0) is 54.6 Å². The Morgan fingerprint density at radius 1 is 1.15 bits per heavy atom. The molecule has 0 aliphatic heterocycles. The first-order chi connectivity index (χ1) is 12.5. The van der Waals surface area contributed by atoms with E-state index in [9.17, 15) is 14.0 Å². The number of fused-ring (bicyclic) bond motifs is 1. The Balaban J connectivity index is 1.78. The number of rotatable bonds is 5. The van der Waals surface area contributed by atoms with Crippen molar-refractivity contribution in [2.24, 2.45) is 0 Å². The Hall–Kier alpha value is -2.95. The molecule has 5 heteroatoms. The van der Waals surface area contributed by atoms with Gasteiger partial charge in [-0.3, -0.25) is 9.59 Å². The van der Waals surface area contributed by atoms with Crippen molar-refractivity contribution in [2.75, 3.05) is 0 Å². The molecular formula is C21H21FN2O2. The van der Waals surface area contributed by atoms with Crippen molar-refractivity contribution in [1.82, 2.24) is 10.3 Å². The van der Waals surface area contributed by atoms with Crippen molar-refractivity contribution in [1.29, 1.82) is 0 Å². The van der Waals surface area contributed by atoms with Gasteiger partial charge in [0.15, 0.2) is 0 Å². The lowest BCUT2D eigenvalue weighted by Crippen LogP contribution is -2.31. The number of halogens is 1. The van der Waals surface area contributed by atoms with Crippen LogP contribution in [0.1, 0.15) is 36.0 Å². The number of aromatic amines is 1. The van der Waals surface area contributed by atoms with Crippen molar-refractivity contribution in [2.45, 2.75) is 32.7 Å². The van der Waals surface area contributed by atoms with E-state index in [1.54, 1.807) is 18.2 Å². The summed E-state index contributed by atoms with van der Waals surface area (Å²) in [5.41, 5.74) is 2.92. The van der Waals surface area contributed by atoms with Crippen LogP contribution in [0.25, 0.3) is 10.9 Å². The molecule has 0 aliphatic carbocycles. The van der Waals surface area contributed by atoms with E-state index in [2.05, 4.69) is 10.3 Å². The summed E-state index contributed by atoms with van der Waals surface area (Å²) in [6, 6.07) is 13.5. The Bertz CT molecular complexity index is 993. The maximum absolute atomic E-state index is 13.1. The van der Waals surface area contributed by atoms with E-state index < -0.39 is 0 Å². The highest BCUT2D eigenvalue weighted by molar-refractivity contribution is 5.84. The number of nitrogens with one attached hydrogen (secondary N) is 2. The van der Waals surface area contributed by atoms with Gasteiger partial charge in [0.1, 0.15) is 5.82 Å². The number of aryl methyl sites for hydroxylation is 1. The van der Waals surface area contributed by atoms with Crippen LogP contribution < -0.4 is 10.9 Å². The molecule has 1 unspecified atom stereocenters. The van der Waals surface area contributed by atoms with Crippen LogP contribution in [-0.2, 0) is 11.3 Å². The average Bonchev–Trinajstić information content (AvgIpc) is 2.62. The number of amides is 1. The molecule has 0 fully saturated rings. The molecule has 2 N–H and O–H groups in total. The molecule has 3 aromatic rings. The van der Waals surface area contributed by atoms with Gasteiger partial charge in [-0.15, -0.1) is 0 Å². The number of benzene rings is 2. The van der Waals surface area contributed by atoms with E-state index in [1.807, 2.05) is 32.0 Å². The van der Waals surface area contributed by atoms with E-state index in [0.29, 0.717) is 12.0 Å². The van der Waals surface area contributed by atoms with Crippen molar-refractivity contribution >= 4 is 16.8 Å². The summed E-state index contributed by atoms with van der Waals surface area (Å²) in [4.78, 5) is 27.6. The number of pyridine rings is 1. The van der Waals surface area contributed by atoms with E-state index in [1.165, 1.54) is 12.1 Å². The third-order valence-electron chi connectivity index (χ3n) is 4.53. The standard InChI is InChI=1S/C21H21FN2O2/c1-3-18(14-5-7-17(22)8-6-14)21(26)23-12-16-11-15-10-13(2)4-9-19(15)24-20(16)25/h4-11,18H,3,12H2,1-2H3,(H,23,26)(H,24,25). The molecule has 0 saturated heterocycles. The van der Waals surface area contributed by atoms with Crippen LogP contribution in [0.4, 0.5) is 4.39 Å². The zero-order valence-corrected chi connectivity index (χ0v) is 14.8. The van der Waals surface area contributed by atoms with Crippen LogP contribution in [0.5, 0.6) is 0 Å². The van der Waals surface area contributed by atoms with Gasteiger partial charge in [0, 0.05) is 17.6 Å². The molecule has 4 nitrogen and oxygen atoms in total. The largest absolute Gasteiger partial charge is 0.351 e. The summed E-state index contributed by atoms with van der Waals surface area (Å²) in [5, 5.41) is 3.76. The Labute approximate surface area is 151 Å². The van der Waals surface area contributed by atoms with Crippen LogP contribution in [0.2, 0.25) is 0 Å². The first-order valence-corrected chi connectivity index (χ1v) is 8.63. The molecule has 134 valence electrons. The van der Waals surface area contributed by atoms with Crippen LogP contribution >= 0.6 is 0 Å². The van der Waals surface area contributed by atoms with Crippen LogP contribution in [0.15, 0.2) is 53.3 Å². The highest BCUT2D eigenvalue weighted by Gasteiger charge is 2.18. The van der Waals surface area contributed by atoms with Gasteiger partial charge in [0.25, 0.3) is 5.56 Å². The van der Waals surface area contributed by atoms with Crippen molar-refractivity contribution in [3.8, 4) is 0 Å². The van der Waals surface area contributed by atoms with Gasteiger partial charge in [-0.1, -0.05) is 30.7 Å². The zero-order valence-electron chi connectivity index (χ0n) is 14.8. The first kappa shape index (κ1) is 17.9. The fourth-order valence-electron chi connectivity index (χ4n) is 3.08. The molecule has 1 atom stereocenters. The highest BCUT2D eigenvalue weighted by Crippen LogP contribution is 2.20. The van der Waals surface area contributed by atoms with E-state index in [-0.39, 0.29) is 29.7 Å². The minimum Gasteiger partial charge on any atom is -0.351 e. The van der Waals surface area contributed by atoms with E-state index >= 15 is 0 Å². The molecule has 0 bridgehead atoms. The summed E-state index contributed by atoms with van der Waals surface area (Å²) in [6.45, 7) is 4.04. The Morgan fingerprint density at radius 2 is 1.88 bits per heavy atom. The SMILES string of the molecule is CCC(C(=O)NCc1cc2cc(C)ccc2[nH]c1=O)c1ccc(F)cc1. The number of carbonyl (C=O) groups is 1. The zero-order chi connectivity index (χ0) is 18.7. The summed E-state index contributed by atoms with van der Waals surface area (Å²) < 4.78 is 13.1. The summed E-state index contributed by atoms with van der Waals surface area (Å²) in [6.07, 6.45) is 0.588. The van der Waals surface area contributed by atoms with Gasteiger partial charge < -0.3 is 10.3 Å². The second kappa shape index (κ2) is 7.52. The fourth-order valence-corrected chi connectivity index (χ4v) is 3.08. The molecule has 1 aromatic heterocycles. The lowest BCUT2D eigenvalue weighted by atomic mass is 9.95. The molecule has 0 saturated carbocycles. The topological polar surface area (TPSA) is 62.0 Å². The molecule has 3 rings (SSSR count). The second-order valence-electron chi connectivity index (χ2n) is 6.44. The molecule has 0 aliphatic rings. The van der Waals surface area contributed by atoms with Crippen molar-refractivity contribution in [3.05, 3.63) is 81.4 Å². The van der Waals surface area contributed by atoms with Crippen molar-refractivity contribution < 1.29 is 9.18 Å². The molecule has 2 aromatic carbocycles.